The zero-order valence-corrected chi connectivity index (χ0v) is 20.4. The van der Waals surface area contributed by atoms with Crippen LogP contribution in [0.4, 0.5) is 4.39 Å². The highest BCUT2D eigenvalue weighted by atomic mass is 19.1. The first-order valence-electron chi connectivity index (χ1n) is 12.0. The highest BCUT2D eigenvalue weighted by molar-refractivity contribution is 5.75. The Balaban J connectivity index is 1.69. The molecule has 0 aliphatic carbocycles. The van der Waals surface area contributed by atoms with Gasteiger partial charge in [0.15, 0.2) is 5.82 Å². The fourth-order valence-corrected chi connectivity index (χ4v) is 4.77. The number of imidazole rings is 1. The standard InChI is InChI=1S/C28H27FN4O3/c1-17(2)14-24(35)36-27-23(34)15-31-33-22(16-32-13-12-30-28(32)26(27)33)25(19-6-4-18(3)5-7-19)20-8-10-21(29)11-9-20/h4-13,15,17,22,25H,14,16H2,1-3H3/t22-,25?/m1/s1. The number of benzene rings is 2. The van der Waals surface area contributed by atoms with E-state index in [1.165, 1.54) is 18.3 Å². The Hall–Kier alpha value is -4.07. The molecular weight excluding hydrogens is 459 g/mol. The van der Waals surface area contributed by atoms with Crippen molar-refractivity contribution >= 4 is 5.97 Å². The van der Waals surface area contributed by atoms with Crippen molar-refractivity contribution in [3.05, 3.63) is 99.9 Å². The van der Waals surface area contributed by atoms with Crippen molar-refractivity contribution in [3.8, 4) is 17.3 Å². The number of aromatic nitrogens is 4. The number of carbonyl (C=O) groups excluding carboxylic acids is 1. The van der Waals surface area contributed by atoms with Crippen LogP contribution in [0.25, 0.3) is 11.5 Å². The van der Waals surface area contributed by atoms with Crippen molar-refractivity contribution < 1.29 is 13.9 Å². The molecule has 0 amide bonds. The second kappa shape index (κ2) is 9.53. The Bertz CT molecular complexity index is 1410. The molecule has 0 saturated carbocycles. The molecule has 2 aromatic heterocycles. The van der Waals surface area contributed by atoms with Crippen molar-refractivity contribution in [1.29, 1.82) is 0 Å². The zero-order chi connectivity index (χ0) is 25.4. The minimum atomic E-state index is -0.484. The molecule has 1 unspecified atom stereocenters. The van der Waals surface area contributed by atoms with Gasteiger partial charge in [0.05, 0.1) is 12.2 Å². The number of fused-ring (bicyclic) bond motifs is 3. The molecule has 0 radical (unpaired) electrons. The van der Waals surface area contributed by atoms with Gasteiger partial charge in [-0.3, -0.25) is 14.3 Å². The molecular formula is C28H27FN4O3. The van der Waals surface area contributed by atoms with Crippen LogP contribution in [0.15, 0.2) is 71.9 Å². The number of nitrogens with zero attached hydrogens (tertiary/aromatic N) is 4. The van der Waals surface area contributed by atoms with E-state index in [1.54, 1.807) is 23.0 Å². The molecule has 0 saturated heterocycles. The summed E-state index contributed by atoms with van der Waals surface area (Å²) in [6.07, 6.45) is 4.85. The third-order valence-corrected chi connectivity index (χ3v) is 6.43. The summed E-state index contributed by atoms with van der Waals surface area (Å²) in [6.45, 7) is 6.35. The van der Waals surface area contributed by atoms with E-state index in [2.05, 4.69) is 22.2 Å². The largest absolute Gasteiger partial charge is 0.420 e. The molecule has 5 rings (SSSR count). The predicted octanol–water partition coefficient (Wildman–Crippen LogP) is 4.89. The van der Waals surface area contributed by atoms with E-state index < -0.39 is 11.4 Å². The highest BCUT2D eigenvalue weighted by Crippen LogP contribution is 2.42. The van der Waals surface area contributed by atoms with Crippen LogP contribution in [0.1, 0.15) is 48.9 Å². The Morgan fingerprint density at radius 1 is 1.11 bits per heavy atom. The molecule has 1 aliphatic rings. The van der Waals surface area contributed by atoms with Gasteiger partial charge in [0.25, 0.3) is 0 Å². The molecule has 0 bridgehead atoms. The molecule has 1 aliphatic heterocycles. The Kier molecular flexibility index (Phi) is 6.26. The summed E-state index contributed by atoms with van der Waals surface area (Å²) in [5.74, 6) is -0.514. The summed E-state index contributed by atoms with van der Waals surface area (Å²) in [5.41, 5.74) is 2.92. The second-order valence-corrected chi connectivity index (χ2v) is 9.61. The average molecular weight is 487 g/mol. The highest BCUT2D eigenvalue weighted by Gasteiger charge is 2.36. The van der Waals surface area contributed by atoms with E-state index in [1.807, 2.05) is 43.7 Å². The van der Waals surface area contributed by atoms with Crippen LogP contribution in [-0.2, 0) is 11.3 Å². The molecule has 2 aromatic carbocycles. The normalized spacial score (nSPS) is 15.3. The van der Waals surface area contributed by atoms with Gasteiger partial charge in [-0.1, -0.05) is 55.8 Å². The number of carbonyl (C=O) groups is 1. The third kappa shape index (κ3) is 4.46. The van der Waals surface area contributed by atoms with Crippen molar-refractivity contribution in [2.45, 2.75) is 45.7 Å². The molecule has 7 nitrogen and oxygen atoms in total. The molecule has 0 N–H and O–H groups in total. The molecule has 0 spiro atoms. The molecule has 0 fully saturated rings. The van der Waals surface area contributed by atoms with Gasteiger partial charge >= 0.3 is 5.97 Å². The van der Waals surface area contributed by atoms with E-state index in [4.69, 9.17) is 4.74 Å². The third-order valence-electron chi connectivity index (χ3n) is 6.43. The lowest BCUT2D eigenvalue weighted by molar-refractivity contribution is -0.135. The monoisotopic (exact) mass is 486 g/mol. The van der Waals surface area contributed by atoms with Gasteiger partial charge in [-0.15, -0.1) is 0 Å². The van der Waals surface area contributed by atoms with E-state index in [9.17, 15) is 14.0 Å². The van der Waals surface area contributed by atoms with Crippen LogP contribution in [-0.4, -0.2) is 25.3 Å². The minimum Gasteiger partial charge on any atom is -0.420 e. The predicted molar refractivity (Wildman–Crippen MR) is 133 cm³/mol. The summed E-state index contributed by atoms with van der Waals surface area (Å²) >= 11 is 0. The fourth-order valence-electron chi connectivity index (χ4n) is 4.77. The maximum atomic E-state index is 13.8. The number of hydrogen-bond donors (Lipinski definition) is 0. The quantitative estimate of drug-likeness (QED) is 0.363. The number of aryl methyl sites for hydroxylation is 1. The first kappa shape index (κ1) is 23.7. The Labute approximate surface area is 208 Å². The molecule has 3 heterocycles. The van der Waals surface area contributed by atoms with Crippen molar-refractivity contribution in [2.75, 3.05) is 0 Å². The summed E-state index contributed by atoms with van der Waals surface area (Å²) < 4.78 is 23.1. The van der Waals surface area contributed by atoms with Gasteiger partial charge in [-0.2, -0.15) is 5.10 Å². The number of esters is 1. The van der Waals surface area contributed by atoms with Crippen molar-refractivity contribution in [1.82, 2.24) is 19.3 Å². The summed E-state index contributed by atoms with van der Waals surface area (Å²) in [6, 6.07) is 14.3. The first-order valence-corrected chi connectivity index (χ1v) is 12.0. The molecule has 2 atom stereocenters. The second-order valence-electron chi connectivity index (χ2n) is 9.61. The molecule has 8 heteroatoms. The zero-order valence-electron chi connectivity index (χ0n) is 20.4. The Morgan fingerprint density at radius 3 is 2.44 bits per heavy atom. The molecule has 4 aromatic rings. The molecule has 36 heavy (non-hydrogen) atoms. The van der Waals surface area contributed by atoms with Crippen molar-refractivity contribution in [2.24, 2.45) is 5.92 Å². The van der Waals surface area contributed by atoms with E-state index in [0.29, 0.717) is 18.1 Å². The number of halogens is 1. The number of ether oxygens (including phenoxy) is 1. The van der Waals surface area contributed by atoms with Crippen LogP contribution in [0, 0.1) is 18.7 Å². The maximum Gasteiger partial charge on any atom is 0.311 e. The maximum absolute atomic E-state index is 13.8. The van der Waals surface area contributed by atoms with Crippen LogP contribution in [0.3, 0.4) is 0 Å². The van der Waals surface area contributed by atoms with Gasteiger partial charge in [-0.25, -0.2) is 9.37 Å². The molecule has 184 valence electrons. The van der Waals surface area contributed by atoms with Gasteiger partial charge in [-0.05, 0) is 36.1 Å². The van der Waals surface area contributed by atoms with Crippen LogP contribution >= 0.6 is 0 Å². The Morgan fingerprint density at radius 2 is 1.78 bits per heavy atom. The van der Waals surface area contributed by atoms with Gasteiger partial charge in [0.1, 0.15) is 11.5 Å². The lowest BCUT2D eigenvalue weighted by atomic mass is 9.83. The van der Waals surface area contributed by atoms with Gasteiger partial charge in [0.2, 0.25) is 11.2 Å². The fraction of sp³-hybridized carbons (Fsp3) is 0.286. The smallest absolute Gasteiger partial charge is 0.311 e. The van der Waals surface area contributed by atoms with E-state index >= 15 is 0 Å². The van der Waals surface area contributed by atoms with Crippen LogP contribution < -0.4 is 10.2 Å². The summed E-state index contributed by atoms with van der Waals surface area (Å²) in [5, 5.41) is 4.50. The first-order chi connectivity index (χ1) is 17.3. The average Bonchev–Trinajstić information content (AvgIpc) is 3.31. The van der Waals surface area contributed by atoms with Crippen molar-refractivity contribution in [3.63, 3.8) is 0 Å². The summed E-state index contributed by atoms with van der Waals surface area (Å²) in [4.78, 5) is 29.9. The number of rotatable bonds is 6. The SMILES string of the molecule is Cc1ccc(C(c2ccc(F)cc2)[C@H]2Cn3ccnc3-c3c(OC(=O)CC(C)C)c(=O)cnn32)cc1. The topological polar surface area (TPSA) is 79.0 Å². The number of hydrogen-bond acceptors (Lipinski definition) is 5. The van der Waals surface area contributed by atoms with E-state index in [0.717, 1.165) is 16.7 Å². The minimum absolute atomic E-state index is 0.0745. The lowest BCUT2D eigenvalue weighted by Gasteiger charge is -2.35. The summed E-state index contributed by atoms with van der Waals surface area (Å²) in [7, 11) is 0. The van der Waals surface area contributed by atoms with Gasteiger partial charge in [0, 0.05) is 31.3 Å². The van der Waals surface area contributed by atoms with E-state index in [-0.39, 0.29) is 35.9 Å². The van der Waals surface area contributed by atoms with Crippen LogP contribution in [0.2, 0.25) is 0 Å². The lowest BCUT2D eigenvalue weighted by Crippen LogP contribution is -2.33. The van der Waals surface area contributed by atoms with Crippen LogP contribution in [0.5, 0.6) is 5.75 Å². The van der Waals surface area contributed by atoms with Gasteiger partial charge < -0.3 is 9.30 Å².